The van der Waals surface area contributed by atoms with E-state index in [1.54, 1.807) is 0 Å². The van der Waals surface area contributed by atoms with Crippen LogP contribution in [0.3, 0.4) is 0 Å². The number of aldehydes is 1. The first kappa shape index (κ1) is 18.4. The second-order valence-electron chi connectivity index (χ2n) is 4.96. The summed E-state index contributed by atoms with van der Waals surface area (Å²) in [6.45, 7) is 6.88. The lowest BCUT2D eigenvalue weighted by Crippen LogP contribution is -2.50. The zero-order valence-corrected chi connectivity index (χ0v) is 12.4. The molecular formula is C13H26N4O3. The summed E-state index contributed by atoms with van der Waals surface area (Å²) in [7, 11) is 0. The summed E-state index contributed by atoms with van der Waals surface area (Å²) in [4.78, 5) is 33.5. The van der Waals surface area contributed by atoms with Crippen molar-refractivity contribution in [2.75, 3.05) is 13.1 Å². The highest BCUT2D eigenvalue weighted by molar-refractivity contribution is 5.84. The van der Waals surface area contributed by atoms with Gasteiger partial charge in [0.1, 0.15) is 6.29 Å². The second kappa shape index (κ2) is 10.2. The average molecular weight is 286 g/mol. The Morgan fingerprint density at radius 1 is 1.30 bits per heavy atom. The Labute approximate surface area is 120 Å². The Morgan fingerprint density at radius 2 is 1.95 bits per heavy atom. The fourth-order valence-electron chi connectivity index (χ4n) is 1.83. The zero-order chi connectivity index (χ0) is 15.5. The molecule has 0 spiro atoms. The summed E-state index contributed by atoms with van der Waals surface area (Å²) in [5, 5.41) is 8.24. The SMILES string of the molecule is CCN[C@H](C(=O)N[C@H](C=O)CCCNC(N)=O)C(C)C. The molecule has 0 aliphatic rings. The van der Waals surface area contributed by atoms with Gasteiger partial charge in [-0.25, -0.2) is 4.79 Å². The Balaban J connectivity index is 4.22. The molecule has 2 atom stereocenters. The first-order valence-corrected chi connectivity index (χ1v) is 6.94. The van der Waals surface area contributed by atoms with Gasteiger partial charge in [-0.15, -0.1) is 0 Å². The molecule has 7 heteroatoms. The summed E-state index contributed by atoms with van der Waals surface area (Å²) in [6.07, 6.45) is 1.75. The van der Waals surface area contributed by atoms with Crippen LogP contribution in [0.4, 0.5) is 4.79 Å². The fraction of sp³-hybridized carbons (Fsp3) is 0.769. The Bertz CT molecular complexity index is 321. The predicted octanol–water partition coefficient (Wildman–Crippen LogP) is -0.247. The van der Waals surface area contributed by atoms with Gasteiger partial charge in [0.2, 0.25) is 5.91 Å². The van der Waals surface area contributed by atoms with E-state index in [4.69, 9.17) is 5.73 Å². The third-order valence-corrected chi connectivity index (χ3v) is 2.86. The third-order valence-electron chi connectivity index (χ3n) is 2.86. The quantitative estimate of drug-likeness (QED) is 0.327. The second-order valence-corrected chi connectivity index (χ2v) is 4.96. The number of urea groups is 1. The number of carbonyl (C=O) groups is 3. The monoisotopic (exact) mass is 286 g/mol. The highest BCUT2D eigenvalue weighted by Gasteiger charge is 2.23. The van der Waals surface area contributed by atoms with Crippen molar-refractivity contribution in [1.29, 1.82) is 0 Å². The van der Waals surface area contributed by atoms with Gasteiger partial charge in [-0.05, 0) is 25.3 Å². The Kier molecular flexibility index (Phi) is 9.36. The number of likely N-dealkylation sites (N-methyl/N-ethyl adjacent to an activating group) is 1. The topological polar surface area (TPSA) is 113 Å². The van der Waals surface area contributed by atoms with Crippen molar-refractivity contribution in [2.45, 2.75) is 45.7 Å². The van der Waals surface area contributed by atoms with Crippen molar-refractivity contribution < 1.29 is 14.4 Å². The molecule has 0 aromatic rings. The number of rotatable bonds is 10. The van der Waals surface area contributed by atoms with E-state index in [0.29, 0.717) is 32.2 Å². The van der Waals surface area contributed by atoms with Crippen molar-refractivity contribution in [1.82, 2.24) is 16.0 Å². The smallest absolute Gasteiger partial charge is 0.312 e. The molecule has 0 saturated heterocycles. The lowest BCUT2D eigenvalue weighted by molar-refractivity contribution is -0.126. The standard InChI is InChI=1S/C13H26N4O3/c1-4-15-11(9(2)3)12(19)17-10(8-18)6-5-7-16-13(14)20/h8-11,15H,4-7H2,1-3H3,(H,17,19)(H3,14,16,20)/t10-,11-/m0/s1. The maximum atomic E-state index is 12.1. The van der Waals surface area contributed by atoms with Gasteiger partial charge in [0, 0.05) is 6.54 Å². The molecule has 3 amide bonds. The molecule has 0 aliphatic carbocycles. The van der Waals surface area contributed by atoms with Gasteiger partial charge in [-0.2, -0.15) is 0 Å². The van der Waals surface area contributed by atoms with E-state index in [1.165, 1.54) is 0 Å². The highest BCUT2D eigenvalue weighted by Crippen LogP contribution is 2.03. The van der Waals surface area contributed by atoms with Crippen molar-refractivity contribution in [2.24, 2.45) is 11.7 Å². The number of carbonyl (C=O) groups excluding carboxylic acids is 3. The number of hydrogen-bond donors (Lipinski definition) is 4. The third kappa shape index (κ3) is 7.73. The molecule has 116 valence electrons. The van der Waals surface area contributed by atoms with Crippen LogP contribution in [-0.4, -0.2) is 43.4 Å². The van der Waals surface area contributed by atoms with Crippen LogP contribution in [0.15, 0.2) is 0 Å². The van der Waals surface area contributed by atoms with Crippen molar-refractivity contribution >= 4 is 18.2 Å². The van der Waals surface area contributed by atoms with Gasteiger partial charge < -0.3 is 26.5 Å². The Hall–Kier alpha value is -1.63. The van der Waals surface area contributed by atoms with Gasteiger partial charge >= 0.3 is 6.03 Å². The summed E-state index contributed by atoms with van der Waals surface area (Å²) < 4.78 is 0. The van der Waals surface area contributed by atoms with Crippen LogP contribution < -0.4 is 21.7 Å². The maximum absolute atomic E-state index is 12.1. The van der Waals surface area contributed by atoms with Crippen LogP contribution >= 0.6 is 0 Å². The molecule has 0 aliphatic heterocycles. The van der Waals surface area contributed by atoms with E-state index in [-0.39, 0.29) is 17.9 Å². The van der Waals surface area contributed by atoms with E-state index >= 15 is 0 Å². The van der Waals surface area contributed by atoms with E-state index in [9.17, 15) is 14.4 Å². The van der Waals surface area contributed by atoms with Gasteiger partial charge in [-0.3, -0.25) is 4.79 Å². The average Bonchev–Trinajstić information content (AvgIpc) is 2.38. The number of amides is 3. The minimum atomic E-state index is -0.594. The minimum Gasteiger partial charge on any atom is -0.352 e. The lowest BCUT2D eigenvalue weighted by atomic mass is 10.0. The van der Waals surface area contributed by atoms with Crippen LogP contribution in [0, 0.1) is 5.92 Å². The van der Waals surface area contributed by atoms with Gasteiger partial charge in [0.15, 0.2) is 0 Å². The van der Waals surface area contributed by atoms with Gasteiger partial charge in [-0.1, -0.05) is 20.8 Å². The minimum absolute atomic E-state index is 0.138. The normalized spacial score (nSPS) is 13.6. The zero-order valence-electron chi connectivity index (χ0n) is 12.4. The molecule has 0 radical (unpaired) electrons. The molecule has 0 unspecified atom stereocenters. The predicted molar refractivity (Wildman–Crippen MR) is 77.1 cm³/mol. The number of nitrogens with one attached hydrogen (secondary N) is 3. The Morgan fingerprint density at radius 3 is 2.40 bits per heavy atom. The van der Waals surface area contributed by atoms with Crippen LogP contribution in [0.5, 0.6) is 0 Å². The highest BCUT2D eigenvalue weighted by atomic mass is 16.2. The maximum Gasteiger partial charge on any atom is 0.312 e. The molecule has 0 aromatic heterocycles. The first-order valence-electron chi connectivity index (χ1n) is 6.94. The number of hydrogen-bond acceptors (Lipinski definition) is 4. The molecule has 0 heterocycles. The number of primary amides is 1. The molecule has 0 aromatic carbocycles. The summed E-state index contributed by atoms with van der Waals surface area (Å²) in [6, 6.07) is -1.45. The van der Waals surface area contributed by atoms with Crippen LogP contribution in [0.1, 0.15) is 33.6 Å². The lowest BCUT2D eigenvalue weighted by Gasteiger charge is -2.23. The van der Waals surface area contributed by atoms with Crippen LogP contribution in [-0.2, 0) is 9.59 Å². The molecule has 20 heavy (non-hydrogen) atoms. The number of nitrogens with two attached hydrogens (primary N) is 1. The fourth-order valence-corrected chi connectivity index (χ4v) is 1.83. The van der Waals surface area contributed by atoms with Crippen LogP contribution in [0.25, 0.3) is 0 Å². The van der Waals surface area contributed by atoms with Crippen molar-refractivity contribution in [3.05, 3.63) is 0 Å². The van der Waals surface area contributed by atoms with Gasteiger partial charge in [0.05, 0.1) is 12.1 Å². The molecule has 0 rings (SSSR count). The molecule has 0 bridgehead atoms. The first-order chi connectivity index (χ1) is 9.42. The molecular weight excluding hydrogens is 260 g/mol. The summed E-state index contributed by atoms with van der Waals surface area (Å²) in [5.74, 6) is -0.0411. The van der Waals surface area contributed by atoms with E-state index < -0.39 is 12.1 Å². The molecule has 0 saturated carbocycles. The van der Waals surface area contributed by atoms with E-state index in [0.717, 1.165) is 0 Å². The van der Waals surface area contributed by atoms with E-state index in [1.807, 2.05) is 20.8 Å². The van der Waals surface area contributed by atoms with Crippen LogP contribution in [0.2, 0.25) is 0 Å². The van der Waals surface area contributed by atoms with Gasteiger partial charge in [0.25, 0.3) is 0 Å². The molecule has 7 nitrogen and oxygen atoms in total. The summed E-state index contributed by atoms with van der Waals surface area (Å²) in [5.41, 5.74) is 4.93. The molecule has 0 fully saturated rings. The van der Waals surface area contributed by atoms with Crippen molar-refractivity contribution in [3.8, 4) is 0 Å². The largest absolute Gasteiger partial charge is 0.352 e. The van der Waals surface area contributed by atoms with Crippen molar-refractivity contribution in [3.63, 3.8) is 0 Å². The van der Waals surface area contributed by atoms with E-state index in [2.05, 4.69) is 16.0 Å². The molecule has 5 N–H and O–H groups in total. The summed E-state index contributed by atoms with van der Waals surface area (Å²) >= 11 is 0.